The van der Waals surface area contributed by atoms with Gasteiger partial charge in [0.25, 0.3) is 0 Å². The third-order valence-corrected chi connectivity index (χ3v) is 7.18. The van der Waals surface area contributed by atoms with Gasteiger partial charge in [0.05, 0.1) is 5.56 Å². The smallest absolute Gasteiger partial charge is 0.335 e. The summed E-state index contributed by atoms with van der Waals surface area (Å²) in [7, 11) is -2.55. The van der Waals surface area contributed by atoms with Crippen LogP contribution in [0.1, 0.15) is 38.1 Å². The highest BCUT2D eigenvalue weighted by molar-refractivity contribution is 8.04. The highest BCUT2D eigenvalue weighted by Crippen LogP contribution is 2.29. The van der Waals surface area contributed by atoms with Crippen molar-refractivity contribution in [2.24, 2.45) is 0 Å². The van der Waals surface area contributed by atoms with Crippen molar-refractivity contribution in [2.75, 3.05) is 0 Å². The predicted molar refractivity (Wildman–Crippen MR) is 71.5 cm³/mol. The summed E-state index contributed by atoms with van der Waals surface area (Å²) in [6, 6.07) is 6.50. The number of thiol groups is 1. The zero-order valence-electron chi connectivity index (χ0n) is 10.7. The van der Waals surface area contributed by atoms with E-state index in [9.17, 15) is 9.00 Å². The van der Waals surface area contributed by atoms with Gasteiger partial charge in [-0.1, -0.05) is 43.7 Å². The van der Waals surface area contributed by atoms with E-state index in [2.05, 4.69) is 0 Å². The first-order valence-corrected chi connectivity index (χ1v) is 7.58. The minimum atomic E-state index is -2.55. The summed E-state index contributed by atoms with van der Waals surface area (Å²) >= 11 is 0. The fourth-order valence-electron chi connectivity index (χ4n) is 2.05. The molecule has 0 saturated heterocycles. The zero-order valence-corrected chi connectivity index (χ0v) is 11.6. The van der Waals surface area contributed by atoms with Crippen LogP contribution in [0.2, 0.25) is 0 Å². The molecule has 0 fully saturated rings. The molecule has 0 spiro atoms. The minimum Gasteiger partial charge on any atom is -0.478 e. The first-order valence-electron chi connectivity index (χ1n) is 5.73. The largest absolute Gasteiger partial charge is 0.478 e. The molecule has 3 nitrogen and oxygen atoms in total. The Morgan fingerprint density at radius 3 is 2.12 bits per heavy atom. The average Bonchev–Trinajstić information content (AvgIpc) is 2.27. The van der Waals surface area contributed by atoms with Crippen molar-refractivity contribution in [2.45, 2.75) is 43.1 Å². The summed E-state index contributed by atoms with van der Waals surface area (Å²) in [5.74, 6) is -0.981. The lowest BCUT2D eigenvalue weighted by Gasteiger charge is -2.32. The van der Waals surface area contributed by atoms with Crippen molar-refractivity contribution in [3.8, 4) is 0 Å². The molecule has 0 bridgehead atoms. The fourth-order valence-corrected chi connectivity index (χ4v) is 5.09. The Kier molecular flexibility index (Phi) is 4.09. The highest BCUT2D eigenvalue weighted by Gasteiger charge is 2.26. The van der Waals surface area contributed by atoms with Crippen molar-refractivity contribution in [1.29, 1.82) is 0 Å². The van der Waals surface area contributed by atoms with E-state index in [1.165, 1.54) is 6.07 Å². The monoisotopic (exact) mass is 256 g/mol. The number of carbonyl (C=O) groups is 1. The van der Waals surface area contributed by atoms with Gasteiger partial charge in [-0.2, -0.15) is 0 Å². The van der Waals surface area contributed by atoms with Gasteiger partial charge in [0.15, 0.2) is 0 Å². The summed E-state index contributed by atoms with van der Waals surface area (Å²) in [5.41, 5.74) is 0.198. The Bertz CT molecular complexity index is 451. The molecular weight excluding hydrogens is 236 g/mol. The molecule has 1 rings (SSSR count). The van der Waals surface area contributed by atoms with Crippen LogP contribution in [0, 0.1) is 0 Å². The summed E-state index contributed by atoms with van der Waals surface area (Å²) in [6.45, 7) is 7.70. The molecule has 0 heterocycles. The van der Waals surface area contributed by atoms with Gasteiger partial charge in [0.2, 0.25) is 0 Å². The van der Waals surface area contributed by atoms with Crippen LogP contribution in [-0.2, 0) is 9.93 Å². The molecule has 96 valence electrons. The summed E-state index contributed by atoms with van der Waals surface area (Å²) < 4.78 is 13.0. The SMILES string of the molecule is CC(C)[SH](=O)(c1cccc(C(=O)O)c1)C(C)C. The Labute approximate surface area is 103 Å². The summed E-state index contributed by atoms with van der Waals surface area (Å²) in [4.78, 5) is 11.6. The normalized spacial score (nSPS) is 13.1. The van der Waals surface area contributed by atoms with Crippen LogP contribution in [0.15, 0.2) is 29.2 Å². The fraction of sp³-hybridized carbons (Fsp3) is 0.462. The second-order valence-electron chi connectivity index (χ2n) is 4.75. The van der Waals surface area contributed by atoms with Crippen molar-refractivity contribution in [1.82, 2.24) is 0 Å². The second-order valence-corrected chi connectivity index (χ2v) is 8.75. The summed E-state index contributed by atoms with van der Waals surface area (Å²) in [6.07, 6.45) is 0. The molecule has 0 aromatic heterocycles. The van der Waals surface area contributed by atoms with Crippen LogP contribution >= 0.6 is 0 Å². The van der Waals surface area contributed by atoms with Gasteiger partial charge in [-0.15, -0.1) is 0 Å². The molecule has 4 heteroatoms. The van der Waals surface area contributed by atoms with Crippen LogP contribution in [0.4, 0.5) is 0 Å². The van der Waals surface area contributed by atoms with Gasteiger partial charge < -0.3 is 5.11 Å². The van der Waals surface area contributed by atoms with Gasteiger partial charge in [0.1, 0.15) is 0 Å². The van der Waals surface area contributed by atoms with Gasteiger partial charge in [-0.3, -0.25) is 4.21 Å². The van der Waals surface area contributed by atoms with E-state index in [1.54, 1.807) is 18.2 Å². The van der Waals surface area contributed by atoms with Crippen LogP contribution in [-0.4, -0.2) is 25.8 Å². The van der Waals surface area contributed by atoms with Crippen molar-refractivity contribution in [3.63, 3.8) is 0 Å². The van der Waals surface area contributed by atoms with Crippen molar-refractivity contribution in [3.05, 3.63) is 29.8 Å². The number of hydrogen-bond donors (Lipinski definition) is 2. The standard InChI is InChI=1S/C13H20O3S/c1-9(2)17(16,10(3)4)12-7-5-6-11(8-12)13(14)15/h5-10,17H,1-4H3,(H,14,15). The molecule has 0 aliphatic carbocycles. The molecular formula is C13H20O3S. The van der Waals surface area contributed by atoms with E-state index < -0.39 is 15.9 Å². The molecule has 0 radical (unpaired) electrons. The molecule has 0 aliphatic heterocycles. The molecule has 1 aromatic carbocycles. The number of benzene rings is 1. The average molecular weight is 256 g/mol. The highest BCUT2D eigenvalue weighted by atomic mass is 32.2. The van der Waals surface area contributed by atoms with Crippen LogP contribution < -0.4 is 0 Å². The van der Waals surface area contributed by atoms with E-state index >= 15 is 0 Å². The van der Waals surface area contributed by atoms with Gasteiger partial charge >= 0.3 is 5.97 Å². The topological polar surface area (TPSA) is 54.4 Å². The number of rotatable bonds is 4. The summed E-state index contributed by atoms with van der Waals surface area (Å²) in [5, 5.41) is 9.00. The van der Waals surface area contributed by atoms with Crippen molar-refractivity contribution >= 4 is 15.9 Å². The lowest BCUT2D eigenvalue weighted by molar-refractivity contribution is 0.0696. The Hall–Kier alpha value is -1.16. The van der Waals surface area contributed by atoms with Gasteiger partial charge in [-0.05, 0) is 18.2 Å². The molecule has 0 amide bonds. The van der Waals surface area contributed by atoms with Gasteiger partial charge in [0, 0.05) is 15.4 Å². The maximum Gasteiger partial charge on any atom is 0.335 e. The van der Waals surface area contributed by atoms with E-state index in [0.29, 0.717) is 4.90 Å². The van der Waals surface area contributed by atoms with E-state index in [-0.39, 0.29) is 16.1 Å². The first-order chi connectivity index (χ1) is 7.80. The second kappa shape index (κ2) is 5.00. The molecule has 1 aromatic rings. The molecule has 1 N–H and O–H groups in total. The lowest BCUT2D eigenvalue weighted by atomic mass is 10.2. The molecule has 0 aliphatic rings. The Balaban J connectivity index is 3.35. The molecule has 17 heavy (non-hydrogen) atoms. The number of carboxylic acids is 1. The quantitative estimate of drug-likeness (QED) is 0.814. The first kappa shape index (κ1) is 13.9. The van der Waals surface area contributed by atoms with E-state index in [0.717, 1.165) is 0 Å². The minimum absolute atomic E-state index is 0.0199. The van der Waals surface area contributed by atoms with Gasteiger partial charge in [-0.25, -0.2) is 4.79 Å². The van der Waals surface area contributed by atoms with Crippen molar-refractivity contribution < 1.29 is 14.1 Å². The Morgan fingerprint density at radius 2 is 1.71 bits per heavy atom. The van der Waals surface area contributed by atoms with E-state index in [4.69, 9.17) is 5.11 Å². The third-order valence-electron chi connectivity index (χ3n) is 3.03. The number of hydrogen-bond acceptors (Lipinski definition) is 2. The Morgan fingerprint density at radius 1 is 1.18 bits per heavy atom. The lowest BCUT2D eigenvalue weighted by Crippen LogP contribution is -2.32. The maximum atomic E-state index is 13.0. The van der Waals surface area contributed by atoms with Crippen LogP contribution in [0.5, 0.6) is 0 Å². The predicted octanol–water partition coefficient (Wildman–Crippen LogP) is 2.58. The number of aromatic carboxylic acids is 1. The molecule has 0 saturated carbocycles. The third kappa shape index (κ3) is 2.57. The molecule has 0 unspecified atom stereocenters. The zero-order chi connectivity index (χ0) is 13.2. The number of carboxylic acid groups (broad SMARTS) is 1. The molecule has 0 atom stereocenters. The van der Waals surface area contributed by atoms with Crippen LogP contribution in [0.3, 0.4) is 0 Å². The van der Waals surface area contributed by atoms with Crippen LogP contribution in [0.25, 0.3) is 0 Å². The van der Waals surface area contributed by atoms with E-state index in [1.807, 2.05) is 27.7 Å². The maximum absolute atomic E-state index is 13.0.